The van der Waals surface area contributed by atoms with E-state index in [1.165, 1.54) is 12.1 Å². The first-order valence-corrected chi connectivity index (χ1v) is 8.03. The smallest absolute Gasteiger partial charge is 0.277 e. The second kappa shape index (κ2) is 6.65. The van der Waals surface area contributed by atoms with E-state index in [0.29, 0.717) is 3.57 Å². The van der Waals surface area contributed by atoms with E-state index in [2.05, 4.69) is 15.9 Å². The maximum absolute atomic E-state index is 13.1. The summed E-state index contributed by atoms with van der Waals surface area (Å²) in [7, 11) is 0. The lowest BCUT2D eigenvalue weighted by molar-refractivity contribution is -0.386. The molecule has 0 radical (unpaired) electrons. The van der Waals surface area contributed by atoms with Crippen LogP contribution < -0.4 is 5.73 Å². The first-order chi connectivity index (χ1) is 10.2. The normalized spacial score (nSPS) is 12.2. The molecule has 2 aromatic carbocycles. The van der Waals surface area contributed by atoms with Gasteiger partial charge >= 0.3 is 0 Å². The van der Waals surface area contributed by atoms with Gasteiger partial charge in [-0.15, -0.1) is 0 Å². The third kappa shape index (κ3) is 3.19. The lowest BCUT2D eigenvalue weighted by atomic mass is 9.99. The Bertz CT molecular complexity index is 775. The number of hydrogen-bond acceptors (Lipinski definition) is 4. The maximum atomic E-state index is 13.1. The molecule has 22 heavy (non-hydrogen) atoms. The molecule has 0 heterocycles. The highest BCUT2D eigenvalue weighted by atomic mass is 127. The van der Waals surface area contributed by atoms with Crippen LogP contribution in [0.25, 0.3) is 0 Å². The largest absolute Gasteiger partial charge is 0.397 e. The fraction of sp³-hybridized carbons (Fsp3) is 0.0769. The Balaban J connectivity index is 2.70. The first kappa shape index (κ1) is 17.4. The van der Waals surface area contributed by atoms with Gasteiger partial charge in [-0.3, -0.25) is 10.1 Å². The van der Waals surface area contributed by atoms with Crippen LogP contribution in [0.3, 0.4) is 0 Å². The minimum absolute atomic E-state index is 0.0311. The quantitative estimate of drug-likeness (QED) is 0.282. The van der Waals surface area contributed by atoms with E-state index < -0.39 is 16.8 Å². The molecule has 0 saturated carbocycles. The van der Waals surface area contributed by atoms with Crippen LogP contribution in [-0.2, 0) is 0 Å². The van der Waals surface area contributed by atoms with Gasteiger partial charge in [0.15, 0.2) is 0 Å². The Morgan fingerprint density at radius 3 is 2.64 bits per heavy atom. The third-order valence-corrected chi connectivity index (χ3v) is 5.07. The van der Waals surface area contributed by atoms with Crippen molar-refractivity contribution in [2.24, 2.45) is 0 Å². The van der Waals surface area contributed by atoms with Crippen LogP contribution in [0.15, 0.2) is 28.7 Å². The van der Waals surface area contributed by atoms with Crippen molar-refractivity contribution in [2.45, 2.75) is 6.10 Å². The van der Waals surface area contributed by atoms with E-state index in [1.54, 1.807) is 0 Å². The summed E-state index contributed by atoms with van der Waals surface area (Å²) in [4.78, 5) is 10.6. The van der Waals surface area contributed by atoms with Crippen molar-refractivity contribution in [2.75, 3.05) is 5.73 Å². The van der Waals surface area contributed by atoms with Crippen molar-refractivity contribution in [3.05, 3.63) is 64.4 Å². The molecule has 2 aromatic rings. The van der Waals surface area contributed by atoms with Crippen molar-refractivity contribution in [3.8, 4) is 0 Å². The molecule has 0 aromatic heterocycles. The fourth-order valence-electron chi connectivity index (χ4n) is 1.93. The van der Waals surface area contributed by atoms with E-state index in [4.69, 9.17) is 17.3 Å². The number of halogens is 4. The lowest BCUT2D eigenvalue weighted by Crippen LogP contribution is -2.08. The van der Waals surface area contributed by atoms with Crippen LogP contribution in [0, 0.1) is 19.5 Å². The highest BCUT2D eigenvalue weighted by Crippen LogP contribution is 2.42. The number of nitrogens with two attached hydrogens (primary N) is 1. The van der Waals surface area contributed by atoms with Crippen LogP contribution in [-0.4, -0.2) is 10.0 Å². The molecule has 116 valence electrons. The number of aliphatic hydroxyl groups is 1. The number of anilines is 1. The van der Waals surface area contributed by atoms with Crippen LogP contribution in [0.5, 0.6) is 0 Å². The SMILES string of the molecule is Nc1c(I)cc([N+](=O)[O-])c(C(O)c2ccc(F)cc2Cl)c1Br. The Morgan fingerprint density at radius 1 is 1.45 bits per heavy atom. The molecule has 0 amide bonds. The number of nitrogens with zero attached hydrogens (tertiary/aromatic N) is 1. The van der Waals surface area contributed by atoms with E-state index in [0.717, 1.165) is 12.1 Å². The van der Waals surface area contributed by atoms with Gasteiger partial charge in [-0.05, 0) is 50.7 Å². The number of nitrogen functional groups attached to an aromatic ring is 1. The molecular formula is C13H8BrClFIN2O3. The summed E-state index contributed by atoms with van der Waals surface area (Å²) >= 11 is 10.9. The highest BCUT2D eigenvalue weighted by molar-refractivity contribution is 14.1. The van der Waals surface area contributed by atoms with E-state index >= 15 is 0 Å². The summed E-state index contributed by atoms with van der Waals surface area (Å²) in [5.41, 5.74) is 5.92. The van der Waals surface area contributed by atoms with Gasteiger partial charge < -0.3 is 10.8 Å². The molecule has 0 fully saturated rings. The topological polar surface area (TPSA) is 89.4 Å². The Kier molecular flexibility index (Phi) is 5.25. The van der Waals surface area contributed by atoms with Gasteiger partial charge in [0.2, 0.25) is 0 Å². The van der Waals surface area contributed by atoms with E-state index in [9.17, 15) is 19.6 Å². The predicted octanol–water partition coefficient (Wildman–Crippen LogP) is 4.42. The summed E-state index contributed by atoms with van der Waals surface area (Å²) in [5, 5.41) is 21.7. The Hall–Kier alpha value is -0.970. The van der Waals surface area contributed by atoms with Crippen molar-refractivity contribution in [1.29, 1.82) is 0 Å². The number of aliphatic hydroxyl groups excluding tert-OH is 1. The lowest BCUT2D eigenvalue weighted by Gasteiger charge is -2.17. The van der Waals surface area contributed by atoms with Crippen LogP contribution >= 0.6 is 50.1 Å². The number of nitro groups is 1. The minimum Gasteiger partial charge on any atom is -0.397 e. The zero-order chi connectivity index (χ0) is 16.6. The van der Waals surface area contributed by atoms with Crippen LogP contribution in [0.1, 0.15) is 17.2 Å². The molecule has 1 unspecified atom stereocenters. The summed E-state index contributed by atoms with van der Waals surface area (Å²) in [6, 6.07) is 4.67. The van der Waals surface area contributed by atoms with Crippen molar-refractivity contribution in [1.82, 2.24) is 0 Å². The molecule has 3 N–H and O–H groups in total. The van der Waals surface area contributed by atoms with Gasteiger partial charge in [-0.25, -0.2) is 4.39 Å². The first-order valence-electron chi connectivity index (χ1n) is 5.78. The molecular weight excluding hydrogens is 493 g/mol. The standard InChI is InChI=1S/C13H8BrClFIN2O3/c14-11-10(9(19(21)22)4-8(17)12(11)18)13(20)6-2-1-5(16)3-7(6)15/h1-4,13,20H,18H2. The predicted molar refractivity (Wildman–Crippen MR) is 93.4 cm³/mol. The average molecular weight is 501 g/mol. The van der Waals surface area contributed by atoms with Gasteiger partial charge in [0.1, 0.15) is 11.9 Å². The molecule has 9 heteroatoms. The minimum atomic E-state index is -1.43. The maximum Gasteiger partial charge on any atom is 0.277 e. The van der Waals surface area contributed by atoms with Gasteiger partial charge in [-0.1, -0.05) is 17.7 Å². The van der Waals surface area contributed by atoms with Gasteiger partial charge in [0, 0.05) is 20.2 Å². The number of nitro benzene ring substituents is 1. The molecule has 0 saturated heterocycles. The van der Waals surface area contributed by atoms with Gasteiger partial charge in [0.25, 0.3) is 5.69 Å². The summed E-state index contributed by atoms with van der Waals surface area (Å²) in [6.45, 7) is 0. The van der Waals surface area contributed by atoms with Crippen molar-refractivity contribution < 1.29 is 14.4 Å². The Morgan fingerprint density at radius 2 is 2.09 bits per heavy atom. The zero-order valence-electron chi connectivity index (χ0n) is 10.7. The monoisotopic (exact) mass is 500 g/mol. The molecule has 0 aliphatic carbocycles. The number of rotatable bonds is 3. The molecule has 0 spiro atoms. The van der Waals surface area contributed by atoms with Crippen molar-refractivity contribution >= 4 is 61.5 Å². The fourth-order valence-corrected chi connectivity index (χ4v) is 3.77. The molecule has 1 atom stereocenters. The van der Waals surface area contributed by atoms with E-state index in [1.807, 2.05) is 22.6 Å². The molecule has 2 rings (SSSR count). The highest BCUT2D eigenvalue weighted by Gasteiger charge is 2.29. The second-order valence-electron chi connectivity index (χ2n) is 4.34. The molecule has 5 nitrogen and oxygen atoms in total. The zero-order valence-corrected chi connectivity index (χ0v) is 15.2. The summed E-state index contributed by atoms with van der Waals surface area (Å²) < 4.78 is 13.8. The van der Waals surface area contributed by atoms with Crippen LogP contribution in [0.2, 0.25) is 5.02 Å². The molecule has 0 aliphatic heterocycles. The summed E-state index contributed by atoms with van der Waals surface area (Å²) in [6.07, 6.45) is -1.43. The number of benzene rings is 2. The van der Waals surface area contributed by atoms with Crippen molar-refractivity contribution in [3.63, 3.8) is 0 Å². The van der Waals surface area contributed by atoms with Gasteiger partial charge in [0.05, 0.1) is 20.6 Å². The molecule has 0 aliphatic rings. The average Bonchev–Trinajstić information content (AvgIpc) is 2.43. The number of hydrogen-bond donors (Lipinski definition) is 2. The van der Waals surface area contributed by atoms with E-state index in [-0.39, 0.29) is 32.0 Å². The second-order valence-corrected chi connectivity index (χ2v) is 6.71. The van der Waals surface area contributed by atoms with Gasteiger partial charge in [-0.2, -0.15) is 0 Å². The third-order valence-electron chi connectivity index (χ3n) is 3.00. The molecule has 0 bridgehead atoms. The Labute approximate surface area is 151 Å². The summed E-state index contributed by atoms with van der Waals surface area (Å²) in [5.74, 6) is -0.573. The van der Waals surface area contributed by atoms with Crippen LogP contribution in [0.4, 0.5) is 15.8 Å².